The van der Waals surface area contributed by atoms with E-state index in [1.807, 2.05) is 0 Å². The first-order chi connectivity index (χ1) is 12.6. The molecule has 1 unspecified atom stereocenters. The van der Waals surface area contributed by atoms with Crippen LogP contribution in [0.4, 0.5) is 5.82 Å². The molecule has 0 aromatic carbocycles. The van der Waals surface area contributed by atoms with Crippen molar-refractivity contribution in [1.82, 2.24) is 10.1 Å². The Hall–Kier alpha value is -1.89. The fourth-order valence-corrected chi connectivity index (χ4v) is 3.11. The Morgan fingerprint density at radius 1 is 1.31 bits per heavy atom. The van der Waals surface area contributed by atoms with Crippen molar-refractivity contribution in [2.24, 2.45) is 0 Å². The van der Waals surface area contributed by atoms with E-state index in [1.54, 1.807) is 17.9 Å². The second kappa shape index (κ2) is 11.0. The predicted molar refractivity (Wildman–Crippen MR) is 98.8 cm³/mol. The average Bonchev–Trinajstić information content (AvgIpc) is 3.25. The van der Waals surface area contributed by atoms with Gasteiger partial charge in [-0.15, -0.1) is 0 Å². The number of ether oxygens (including phenoxy) is 1. The van der Waals surface area contributed by atoms with Crippen LogP contribution < -0.4 is 5.32 Å². The lowest BCUT2D eigenvalue weighted by atomic mass is 10.1. The lowest BCUT2D eigenvalue weighted by Crippen LogP contribution is -2.42. The molecule has 0 saturated carbocycles. The normalized spacial score (nSPS) is 16.6. The van der Waals surface area contributed by atoms with E-state index in [2.05, 4.69) is 17.4 Å². The van der Waals surface area contributed by atoms with Gasteiger partial charge in [-0.3, -0.25) is 9.59 Å². The number of aromatic nitrogens is 1. The summed E-state index contributed by atoms with van der Waals surface area (Å²) in [6.45, 7) is 5.14. The van der Waals surface area contributed by atoms with Gasteiger partial charge >= 0.3 is 0 Å². The first kappa shape index (κ1) is 20.4. The van der Waals surface area contributed by atoms with E-state index in [0.717, 1.165) is 38.7 Å². The molecule has 1 aromatic rings. The molecule has 0 spiro atoms. The van der Waals surface area contributed by atoms with Crippen molar-refractivity contribution in [3.8, 4) is 0 Å². The highest BCUT2D eigenvalue weighted by Crippen LogP contribution is 2.15. The lowest BCUT2D eigenvalue weighted by Gasteiger charge is -2.25. The summed E-state index contributed by atoms with van der Waals surface area (Å²) in [7, 11) is 0. The van der Waals surface area contributed by atoms with Gasteiger partial charge in [-0.05, 0) is 26.2 Å². The van der Waals surface area contributed by atoms with Crippen LogP contribution in [0.5, 0.6) is 0 Å². The zero-order valence-corrected chi connectivity index (χ0v) is 16.0. The molecule has 7 nitrogen and oxygen atoms in total. The van der Waals surface area contributed by atoms with Crippen LogP contribution in [-0.4, -0.2) is 47.7 Å². The summed E-state index contributed by atoms with van der Waals surface area (Å²) in [5, 5.41) is 6.43. The smallest absolute Gasteiger partial charge is 0.245 e. The Morgan fingerprint density at radius 3 is 2.77 bits per heavy atom. The fourth-order valence-electron chi connectivity index (χ4n) is 3.11. The molecule has 1 N–H and O–H groups in total. The molecule has 7 heteroatoms. The summed E-state index contributed by atoms with van der Waals surface area (Å²) >= 11 is 0. The van der Waals surface area contributed by atoms with Crippen molar-refractivity contribution in [3.05, 3.63) is 11.8 Å². The number of hydrogen-bond donors (Lipinski definition) is 1. The maximum atomic E-state index is 12.6. The topological polar surface area (TPSA) is 84.7 Å². The van der Waals surface area contributed by atoms with Crippen molar-refractivity contribution in [2.45, 2.75) is 71.3 Å². The van der Waals surface area contributed by atoms with Crippen LogP contribution >= 0.6 is 0 Å². The zero-order valence-electron chi connectivity index (χ0n) is 16.0. The number of nitrogens with zero attached hydrogens (tertiary/aromatic N) is 2. The molecule has 1 aliphatic rings. The largest absolute Gasteiger partial charge is 0.376 e. The third-order valence-corrected chi connectivity index (χ3v) is 4.52. The van der Waals surface area contributed by atoms with Crippen LogP contribution in [-0.2, 0) is 14.3 Å². The Bertz CT molecular complexity index is 567. The molecular formula is C19H31N3O4. The van der Waals surface area contributed by atoms with Crippen molar-refractivity contribution in [3.63, 3.8) is 0 Å². The van der Waals surface area contributed by atoms with Gasteiger partial charge in [-0.1, -0.05) is 37.8 Å². The summed E-state index contributed by atoms with van der Waals surface area (Å²) < 4.78 is 10.6. The highest BCUT2D eigenvalue weighted by Gasteiger charge is 2.24. The SMILES string of the molecule is CCCCCCCC(=O)N(CC(=O)Nc1cc(C)on1)CC1CCCO1. The Kier molecular flexibility index (Phi) is 8.61. The molecule has 0 bridgehead atoms. The third-order valence-electron chi connectivity index (χ3n) is 4.52. The van der Waals surface area contributed by atoms with Gasteiger partial charge in [0.2, 0.25) is 11.8 Å². The van der Waals surface area contributed by atoms with Crippen molar-refractivity contribution in [1.29, 1.82) is 0 Å². The Balaban J connectivity index is 1.84. The van der Waals surface area contributed by atoms with Crippen molar-refractivity contribution in [2.75, 3.05) is 25.0 Å². The second-order valence-electron chi connectivity index (χ2n) is 6.94. The summed E-state index contributed by atoms with van der Waals surface area (Å²) in [5.41, 5.74) is 0. The molecule has 1 saturated heterocycles. The molecule has 0 aliphatic carbocycles. The van der Waals surface area contributed by atoms with Gasteiger partial charge in [0.25, 0.3) is 0 Å². The molecule has 26 heavy (non-hydrogen) atoms. The van der Waals surface area contributed by atoms with Crippen LogP contribution in [0.15, 0.2) is 10.6 Å². The molecule has 0 radical (unpaired) electrons. The number of rotatable bonds is 11. The highest BCUT2D eigenvalue weighted by molar-refractivity contribution is 5.93. The van der Waals surface area contributed by atoms with Crippen molar-refractivity contribution >= 4 is 17.6 Å². The van der Waals surface area contributed by atoms with Crippen molar-refractivity contribution < 1.29 is 18.8 Å². The van der Waals surface area contributed by atoms with Crippen LogP contribution in [0.3, 0.4) is 0 Å². The standard InChI is InChI=1S/C19H31N3O4/c1-3-4-5-6-7-10-19(24)22(13-16-9-8-11-25-16)14-18(23)20-17-12-15(2)26-21-17/h12,16H,3-11,13-14H2,1-2H3,(H,20,21,23). The minimum absolute atomic E-state index is 0.0135. The van der Waals surface area contributed by atoms with Gasteiger partial charge in [0.15, 0.2) is 5.82 Å². The van der Waals surface area contributed by atoms with E-state index in [-0.39, 0.29) is 24.5 Å². The number of hydrogen-bond acceptors (Lipinski definition) is 5. The minimum Gasteiger partial charge on any atom is -0.376 e. The van der Waals surface area contributed by atoms with Gasteiger partial charge in [-0.2, -0.15) is 0 Å². The van der Waals surface area contributed by atoms with Gasteiger partial charge in [0.1, 0.15) is 5.76 Å². The molecule has 2 rings (SSSR count). The van der Waals surface area contributed by atoms with E-state index >= 15 is 0 Å². The average molecular weight is 365 g/mol. The quantitative estimate of drug-likeness (QED) is 0.608. The van der Waals surface area contributed by atoms with E-state index < -0.39 is 0 Å². The van der Waals surface area contributed by atoms with E-state index in [4.69, 9.17) is 9.26 Å². The highest BCUT2D eigenvalue weighted by atomic mass is 16.5. The number of amides is 2. The van der Waals surface area contributed by atoms with E-state index in [1.165, 1.54) is 12.8 Å². The third kappa shape index (κ3) is 7.15. The fraction of sp³-hybridized carbons (Fsp3) is 0.737. The molecule has 146 valence electrons. The maximum Gasteiger partial charge on any atom is 0.245 e. The van der Waals surface area contributed by atoms with Crippen LogP contribution in [0.25, 0.3) is 0 Å². The summed E-state index contributed by atoms with van der Waals surface area (Å²) in [5.74, 6) is 0.746. The molecule has 1 atom stereocenters. The molecule has 2 amide bonds. The van der Waals surface area contributed by atoms with Gasteiger partial charge < -0.3 is 19.5 Å². The summed E-state index contributed by atoms with van der Waals surface area (Å²) in [6.07, 6.45) is 7.91. The molecule has 1 aromatic heterocycles. The lowest BCUT2D eigenvalue weighted by molar-refractivity contribution is -0.136. The number of carbonyl (C=O) groups excluding carboxylic acids is 2. The first-order valence-corrected chi connectivity index (χ1v) is 9.71. The van der Waals surface area contributed by atoms with E-state index in [0.29, 0.717) is 24.5 Å². The van der Waals surface area contributed by atoms with Gasteiger partial charge in [0, 0.05) is 25.6 Å². The second-order valence-corrected chi connectivity index (χ2v) is 6.94. The monoisotopic (exact) mass is 365 g/mol. The number of aryl methyl sites for hydroxylation is 1. The Labute approximate surface area is 155 Å². The number of anilines is 1. The number of carbonyl (C=O) groups is 2. The first-order valence-electron chi connectivity index (χ1n) is 9.71. The molecule has 2 heterocycles. The summed E-state index contributed by atoms with van der Waals surface area (Å²) in [6, 6.07) is 1.65. The van der Waals surface area contributed by atoms with Crippen LogP contribution in [0, 0.1) is 6.92 Å². The minimum atomic E-state index is -0.268. The maximum absolute atomic E-state index is 12.6. The summed E-state index contributed by atoms with van der Waals surface area (Å²) in [4.78, 5) is 26.5. The van der Waals surface area contributed by atoms with Crippen LogP contribution in [0.2, 0.25) is 0 Å². The number of unbranched alkanes of at least 4 members (excludes halogenated alkanes) is 4. The zero-order chi connectivity index (χ0) is 18.8. The number of nitrogens with one attached hydrogen (secondary N) is 1. The van der Waals surface area contributed by atoms with Gasteiger partial charge in [-0.25, -0.2) is 0 Å². The Morgan fingerprint density at radius 2 is 2.12 bits per heavy atom. The van der Waals surface area contributed by atoms with Crippen LogP contribution in [0.1, 0.15) is 64.1 Å². The molecule has 1 fully saturated rings. The molecule has 1 aliphatic heterocycles. The molecular weight excluding hydrogens is 334 g/mol. The van der Waals surface area contributed by atoms with Gasteiger partial charge in [0.05, 0.1) is 12.6 Å². The van der Waals surface area contributed by atoms with E-state index in [9.17, 15) is 9.59 Å². The predicted octanol–water partition coefficient (Wildman–Crippen LogP) is 3.29.